The van der Waals surface area contributed by atoms with Gasteiger partial charge in [0.2, 0.25) is 47.3 Å². The molecule has 3 rings (SSSR count). The molecule has 0 aliphatic carbocycles. The summed E-state index contributed by atoms with van der Waals surface area (Å²) in [6, 6.07) is 7.38. The Morgan fingerprint density at radius 1 is 0.682 bits per heavy atom. The fourth-order valence-electron chi connectivity index (χ4n) is 7.12. The van der Waals surface area contributed by atoms with Crippen molar-refractivity contribution in [2.45, 2.75) is 114 Å². The van der Waals surface area contributed by atoms with Crippen molar-refractivity contribution in [2.24, 2.45) is 33.8 Å². The van der Waals surface area contributed by atoms with Crippen molar-refractivity contribution in [3.05, 3.63) is 71.8 Å². The Hall–Kier alpha value is -6.65. The number of carbonyl (C=O) groups excluding carboxylic acids is 8. The molecule has 0 aromatic heterocycles. The molecule has 66 heavy (non-hydrogen) atoms. The SMILES string of the molecule is CC[C@H](C)[C@H](NC(=O)[C@H](Cc1ccccc1)NC(=O)[C@H](CO)NC(=O)[C@@H]1CCCN1C(=O)[C@H](CO)NC(=O)[C@H](C)N)C(=O)N[C@@H](CCCN=C(N)N)C(=O)N[C@@H](Cc1ccccc1)C(N)=O. The van der Waals surface area contributed by atoms with E-state index in [9.17, 15) is 48.6 Å². The molecule has 16 N–H and O–H groups in total. The molecule has 1 aliphatic rings. The first-order chi connectivity index (χ1) is 31.4. The van der Waals surface area contributed by atoms with Gasteiger partial charge in [-0.1, -0.05) is 80.9 Å². The Labute approximate surface area is 383 Å². The average Bonchev–Trinajstić information content (AvgIpc) is 3.80. The van der Waals surface area contributed by atoms with Gasteiger partial charge in [-0.25, -0.2) is 0 Å². The van der Waals surface area contributed by atoms with Gasteiger partial charge in [0.1, 0.15) is 42.3 Å². The number of carbonyl (C=O) groups is 8. The molecule has 1 saturated heterocycles. The van der Waals surface area contributed by atoms with Crippen LogP contribution in [0, 0.1) is 5.92 Å². The minimum atomic E-state index is -1.61. The second-order valence-electron chi connectivity index (χ2n) is 16.3. The summed E-state index contributed by atoms with van der Waals surface area (Å²) in [5.41, 5.74) is 23.5. The zero-order valence-electron chi connectivity index (χ0n) is 37.6. The van der Waals surface area contributed by atoms with E-state index in [1.165, 1.54) is 6.92 Å². The van der Waals surface area contributed by atoms with Crippen LogP contribution in [0.5, 0.6) is 0 Å². The molecule has 362 valence electrons. The third-order valence-electron chi connectivity index (χ3n) is 11.1. The topological polar surface area (TPSA) is 369 Å². The van der Waals surface area contributed by atoms with E-state index in [2.05, 4.69) is 36.9 Å². The molecule has 8 amide bonds. The first kappa shape index (κ1) is 53.7. The van der Waals surface area contributed by atoms with E-state index in [1.807, 2.05) is 0 Å². The Balaban J connectivity index is 1.84. The lowest BCUT2D eigenvalue weighted by Crippen LogP contribution is -2.61. The number of amides is 8. The minimum Gasteiger partial charge on any atom is -0.394 e. The van der Waals surface area contributed by atoms with Gasteiger partial charge in [0.15, 0.2) is 5.96 Å². The molecule has 1 heterocycles. The third-order valence-corrected chi connectivity index (χ3v) is 11.1. The average molecular weight is 923 g/mol. The Kier molecular flexibility index (Phi) is 21.9. The highest BCUT2D eigenvalue weighted by molar-refractivity contribution is 5.98. The molecule has 0 bridgehead atoms. The quantitative estimate of drug-likeness (QED) is 0.0246. The lowest BCUT2D eigenvalue weighted by Gasteiger charge is -2.30. The normalized spacial score (nSPS) is 16.9. The summed E-state index contributed by atoms with van der Waals surface area (Å²) in [5, 5.41) is 35.6. The molecular weight excluding hydrogens is 857 g/mol. The summed E-state index contributed by atoms with van der Waals surface area (Å²) in [7, 11) is 0. The summed E-state index contributed by atoms with van der Waals surface area (Å²) in [5.74, 6) is -6.99. The number of nitrogens with two attached hydrogens (primary N) is 4. The summed E-state index contributed by atoms with van der Waals surface area (Å²) in [4.78, 5) is 113. The van der Waals surface area contributed by atoms with Crippen LogP contribution in [0.15, 0.2) is 65.7 Å². The van der Waals surface area contributed by atoms with Crippen LogP contribution in [0.2, 0.25) is 0 Å². The molecule has 0 unspecified atom stereocenters. The maximum atomic E-state index is 14.3. The predicted octanol–water partition coefficient (Wildman–Crippen LogP) is -3.71. The van der Waals surface area contributed by atoms with Crippen molar-refractivity contribution in [2.75, 3.05) is 26.3 Å². The van der Waals surface area contributed by atoms with Crippen LogP contribution >= 0.6 is 0 Å². The number of hydrogen-bond donors (Lipinski definition) is 12. The molecule has 2 aromatic rings. The van der Waals surface area contributed by atoms with Crippen LogP contribution in [-0.4, -0.2) is 143 Å². The highest BCUT2D eigenvalue weighted by Crippen LogP contribution is 2.19. The van der Waals surface area contributed by atoms with Gasteiger partial charge in [-0.3, -0.25) is 43.3 Å². The number of hydrogen-bond acceptors (Lipinski definition) is 12. The van der Waals surface area contributed by atoms with Crippen LogP contribution in [0.1, 0.15) is 64.0 Å². The van der Waals surface area contributed by atoms with Gasteiger partial charge in [0, 0.05) is 25.9 Å². The molecule has 1 aliphatic heterocycles. The summed E-state index contributed by atoms with van der Waals surface area (Å²) in [6.07, 6.45) is 1.18. The predicted molar refractivity (Wildman–Crippen MR) is 243 cm³/mol. The highest BCUT2D eigenvalue weighted by Gasteiger charge is 2.40. The lowest BCUT2D eigenvalue weighted by atomic mass is 9.96. The van der Waals surface area contributed by atoms with Crippen molar-refractivity contribution in [1.82, 2.24) is 36.8 Å². The number of nitrogens with one attached hydrogen (secondary N) is 6. The second kappa shape index (κ2) is 27.0. The minimum absolute atomic E-state index is 0.0201. The molecule has 22 heteroatoms. The monoisotopic (exact) mass is 923 g/mol. The van der Waals surface area contributed by atoms with Crippen LogP contribution in [0.25, 0.3) is 0 Å². The molecule has 9 atom stereocenters. The van der Waals surface area contributed by atoms with E-state index >= 15 is 0 Å². The molecule has 2 aromatic carbocycles. The van der Waals surface area contributed by atoms with Gasteiger partial charge in [-0.2, -0.15) is 0 Å². The first-order valence-electron chi connectivity index (χ1n) is 21.9. The fraction of sp³-hybridized carbons (Fsp3) is 0.523. The molecule has 0 spiro atoms. The number of aliphatic hydroxyl groups is 2. The van der Waals surface area contributed by atoms with E-state index in [-0.39, 0.29) is 51.2 Å². The largest absolute Gasteiger partial charge is 0.394 e. The number of nitrogens with zero attached hydrogens (tertiary/aromatic N) is 2. The second-order valence-corrected chi connectivity index (χ2v) is 16.3. The van der Waals surface area contributed by atoms with Gasteiger partial charge < -0.3 is 69.9 Å². The first-order valence-corrected chi connectivity index (χ1v) is 21.9. The number of rotatable bonds is 26. The standard InChI is InChI=1S/C44H66N12O10/c1-4-25(2)35(42(65)50-29(17-11-19-49-44(47)48)38(61)51-30(36(46)59)21-27-13-7-5-8-14-27)55-39(62)31(22-28-15-9-6-10-16-28)52-40(63)32(23-57)53-41(64)34-18-12-20-56(34)43(66)33(24-58)54-37(60)26(3)45/h5-10,13-16,25-26,29-35,57-58H,4,11-12,17-24,45H2,1-3H3,(H2,46,59)(H,50,65)(H,51,61)(H,52,63)(H,53,64)(H,54,60)(H,55,62)(H4,47,48,49)/t25-,26-,29-,30-,31-,32-,33-,34-,35-/m0/s1. The smallest absolute Gasteiger partial charge is 0.248 e. The van der Waals surface area contributed by atoms with Crippen molar-refractivity contribution >= 4 is 53.2 Å². The van der Waals surface area contributed by atoms with E-state index < -0.39 is 115 Å². The number of likely N-dealkylation sites (tertiary alicyclic amines) is 1. The Morgan fingerprint density at radius 2 is 1.20 bits per heavy atom. The summed E-state index contributed by atoms with van der Waals surface area (Å²) >= 11 is 0. The number of primary amides is 1. The van der Waals surface area contributed by atoms with Gasteiger partial charge in [-0.05, 0) is 49.7 Å². The zero-order chi connectivity index (χ0) is 48.9. The lowest BCUT2D eigenvalue weighted by molar-refractivity contribution is -0.143. The van der Waals surface area contributed by atoms with Gasteiger partial charge in [0.25, 0.3) is 0 Å². The van der Waals surface area contributed by atoms with E-state index in [4.69, 9.17) is 22.9 Å². The Bertz CT molecular complexity index is 1990. The summed E-state index contributed by atoms with van der Waals surface area (Å²) < 4.78 is 0. The third kappa shape index (κ3) is 16.7. The van der Waals surface area contributed by atoms with Crippen LogP contribution in [0.4, 0.5) is 0 Å². The van der Waals surface area contributed by atoms with E-state index in [1.54, 1.807) is 74.5 Å². The van der Waals surface area contributed by atoms with Gasteiger partial charge in [-0.15, -0.1) is 0 Å². The summed E-state index contributed by atoms with van der Waals surface area (Å²) in [6.45, 7) is 3.43. The van der Waals surface area contributed by atoms with Gasteiger partial charge >= 0.3 is 0 Å². The van der Waals surface area contributed by atoms with Crippen molar-refractivity contribution in [3.8, 4) is 0 Å². The number of aliphatic imine (C=N–C) groups is 1. The van der Waals surface area contributed by atoms with Crippen LogP contribution in [-0.2, 0) is 51.2 Å². The van der Waals surface area contributed by atoms with Crippen LogP contribution < -0.4 is 54.8 Å². The molecule has 0 radical (unpaired) electrons. The Morgan fingerprint density at radius 3 is 1.73 bits per heavy atom. The fourth-order valence-corrected chi connectivity index (χ4v) is 7.12. The number of aliphatic hydroxyl groups excluding tert-OH is 2. The maximum Gasteiger partial charge on any atom is 0.248 e. The zero-order valence-corrected chi connectivity index (χ0v) is 37.6. The molecule has 22 nitrogen and oxygen atoms in total. The number of benzene rings is 2. The van der Waals surface area contributed by atoms with Gasteiger partial charge in [0.05, 0.1) is 19.3 Å². The van der Waals surface area contributed by atoms with E-state index in [0.717, 1.165) is 10.5 Å². The van der Waals surface area contributed by atoms with Crippen molar-refractivity contribution in [1.29, 1.82) is 0 Å². The molecule has 0 saturated carbocycles. The van der Waals surface area contributed by atoms with Crippen molar-refractivity contribution in [3.63, 3.8) is 0 Å². The number of guanidine groups is 1. The van der Waals surface area contributed by atoms with Crippen molar-refractivity contribution < 1.29 is 48.6 Å². The highest BCUT2D eigenvalue weighted by atomic mass is 16.3. The van der Waals surface area contributed by atoms with E-state index in [0.29, 0.717) is 18.4 Å². The van der Waals surface area contributed by atoms with Crippen LogP contribution in [0.3, 0.4) is 0 Å². The molecule has 1 fully saturated rings. The maximum absolute atomic E-state index is 14.3. The molecular formula is C44H66N12O10.